The van der Waals surface area contributed by atoms with E-state index in [9.17, 15) is 9.59 Å². The summed E-state index contributed by atoms with van der Waals surface area (Å²) in [6.45, 7) is 5.14. The van der Waals surface area contributed by atoms with Crippen molar-refractivity contribution >= 4 is 12.1 Å². The first kappa shape index (κ1) is 15.0. The molecule has 0 aliphatic carbocycles. The van der Waals surface area contributed by atoms with Crippen LogP contribution in [0.15, 0.2) is 12.2 Å². The molecule has 16 heavy (non-hydrogen) atoms. The standard InChI is InChI=1S/C13H22O3/c1-3-6-12(7-5-9-14)11-13(15)8-10-16-4-2/h5,7,9,12H,3-4,6,8,10-11H2,1-2H3. The summed E-state index contributed by atoms with van der Waals surface area (Å²) in [6, 6.07) is 0. The molecule has 0 rings (SSSR count). The van der Waals surface area contributed by atoms with Crippen LogP contribution in [0.2, 0.25) is 0 Å². The molecule has 0 amide bonds. The summed E-state index contributed by atoms with van der Waals surface area (Å²) in [5, 5.41) is 0. The zero-order chi connectivity index (χ0) is 12.2. The molecule has 1 unspecified atom stereocenters. The van der Waals surface area contributed by atoms with Gasteiger partial charge in [-0.05, 0) is 25.3 Å². The summed E-state index contributed by atoms with van der Waals surface area (Å²) in [4.78, 5) is 21.8. The van der Waals surface area contributed by atoms with Gasteiger partial charge in [0.25, 0.3) is 0 Å². The van der Waals surface area contributed by atoms with Crippen LogP contribution in [0.1, 0.15) is 39.5 Å². The van der Waals surface area contributed by atoms with E-state index in [2.05, 4.69) is 6.92 Å². The maximum Gasteiger partial charge on any atom is 0.142 e. The zero-order valence-corrected chi connectivity index (χ0v) is 10.3. The fraction of sp³-hybridized carbons (Fsp3) is 0.692. The van der Waals surface area contributed by atoms with Gasteiger partial charge in [-0.3, -0.25) is 9.59 Å². The number of aldehydes is 1. The summed E-state index contributed by atoms with van der Waals surface area (Å²) >= 11 is 0. The highest BCUT2D eigenvalue weighted by molar-refractivity contribution is 5.79. The smallest absolute Gasteiger partial charge is 0.142 e. The second-order valence-corrected chi connectivity index (χ2v) is 3.76. The Morgan fingerprint density at radius 2 is 2.12 bits per heavy atom. The van der Waals surface area contributed by atoms with Crippen LogP contribution in [-0.4, -0.2) is 25.3 Å². The lowest BCUT2D eigenvalue weighted by atomic mass is 9.96. The first-order chi connectivity index (χ1) is 7.74. The SMILES string of the molecule is CCCC(C=CC=O)CC(=O)CCOCC. The van der Waals surface area contributed by atoms with E-state index in [-0.39, 0.29) is 11.7 Å². The van der Waals surface area contributed by atoms with Crippen LogP contribution in [0, 0.1) is 5.92 Å². The van der Waals surface area contributed by atoms with Gasteiger partial charge in [0.1, 0.15) is 12.1 Å². The second-order valence-electron chi connectivity index (χ2n) is 3.76. The van der Waals surface area contributed by atoms with Crippen molar-refractivity contribution in [3.63, 3.8) is 0 Å². The molecule has 0 bridgehead atoms. The average Bonchev–Trinajstić information content (AvgIpc) is 2.26. The van der Waals surface area contributed by atoms with Crippen molar-refractivity contribution in [2.45, 2.75) is 39.5 Å². The van der Waals surface area contributed by atoms with E-state index >= 15 is 0 Å². The molecule has 0 aliphatic rings. The van der Waals surface area contributed by atoms with Crippen LogP contribution >= 0.6 is 0 Å². The van der Waals surface area contributed by atoms with Gasteiger partial charge in [0.15, 0.2) is 0 Å². The van der Waals surface area contributed by atoms with Crippen LogP contribution < -0.4 is 0 Å². The van der Waals surface area contributed by atoms with Gasteiger partial charge in [-0.25, -0.2) is 0 Å². The Labute approximate surface area is 97.9 Å². The summed E-state index contributed by atoms with van der Waals surface area (Å²) in [5.74, 6) is 0.409. The molecule has 0 saturated heterocycles. The van der Waals surface area contributed by atoms with Gasteiger partial charge in [-0.1, -0.05) is 19.4 Å². The Hall–Kier alpha value is -0.960. The van der Waals surface area contributed by atoms with E-state index in [0.717, 1.165) is 19.1 Å². The average molecular weight is 226 g/mol. The topological polar surface area (TPSA) is 43.4 Å². The molecule has 0 spiro atoms. The molecule has 0 heterocycles. The van der Waals surface area contributed by atoms with Crippen molar-refractivity contribution in [2.75, 3.05) is 13.2 Å². The van der Waals surface area contributed by atoms with Gasteiger partial charge >= 0.3 is 0 Å². The molecule has 0 fully saturated rings. The van der Waals surface area contributed by atoms with Crippen molar-refractivity contribution in [1.82, 2.24) is 0 Å². The number of allylic oxidation sites excluding steroid dienone is 2. The maximum absolute atomic E-state index is 11.6. The third kappa shape index (κ3) is 8.36. The van der Waals surface area contributed by atoms with Crippen LogP contribution in [-0.2, 0) is 14.3 Å². The van der Waals surface area contributed by atoms with E-state index < -0.39 is 0 Å². The number of ether oxygens (including phenoxy) is 1. The summed E-state index contributed by atoms with van der Waals surface area (Å²) in [6.07, 6.45) is 7.03. The van der Waals surface area contributed by atoms with E-state index in [1.807, 2.05) is 13.0 Å². The number of rotatable bonds is 10. The quantitative estimate of drug-likeness (QED) is 0.326. The highest BCUT2D eigenvalue weighted by Crippen LogP contribution is 2.14. The van der Waals surface area contributed by atoms with Crippen molar-refractivity contribution in [3.8, 4) is 0 Å². The summed E-state index contributed by atoms with van der Waals surface area (Å²) < 4.78 is 5.13. The van der Waals surface area contributed by atoms with E-state index in [4.69, 9.17) is 4.74 Å². The van der Waals surface area contributed by atoms with Crippen molar-refractivity contribution in [2.24, 2.45) is 5.92 Å². The zero-order valence-electron chi connectivity index (χ0n) is 10.3. The van der Waals surface area contributed by atoms with Crippen LogP contribution in [0.25, 0.3) is 0 Å². The van der Waals surface area contributed by atoms with Gasteiger partial charge in [0.2, 0.25) is 0 Å². The Bertz CT molecular complexity index is 221. The fourth-order valence-corrected chi connectivity index (χ4v) is 1.56. The lowest BCUT2D eigenvalue weighted by molar-refractivity contribution is -0.120. The third-order valence-electron chi connectivity index (χ3n) is 2.34. The third-order valence-corrected chi connectivity index (χ3v) is 2.34. The molecule has 0 saturated carbocycles. The van der Waals surface area contributed by atoms with Crippen molar-refractivity contribution < 1.29 is 14.3 Å². The highest BCUT2D eigenvalue weighted by atomic mass is 16.5. The minimum Gasteiger partial charge on any atom is -0.381 e. The van der Waals surface area contributed by atoms with Gasteiger partial charge in [-0.2, -0.15) is 0 Å². The Morgan fingerprint density at radius 1 is 1.38 bits per heavy atom. The normalized spacial score (nSPS) is 12.9. The fourth-order valence-electron chi connectivity index (χ4n) is 1.56. The highest BCUT2D eigenvalue weighted by Gasteiger charge is 2.10. The number of carbonyl (C=O) groups is 2. The van der Waals surface area contributed by atoms with E-state index in [1.165, 1.54) is 6.08 Å². The molecule has 0 aromatic heterocycles. The van der Waals surface area contributed by atoms with Crippen molar-refractivity contribution in [3.05, 3.63) is 12.2 Å². The lowest BCUT2D eigenvalue weighted by Gasteiger charge is -2.10. The molecule has 0 N–H and O–H groups in total. The molecule has 92 valence electrons. The molecule has 3 heteroatoms. The number of hydrogen-bond donors (Lipinski definition) is 0. The van der Waals surface area contributed by atoms with Gasteiger partial charge < -0.3 is 4.74 Å². The molecular weight excluding hydrogens is 204 g/mol. The number of carbonyl (C=O) groups excluding carboxylic acids is 2. The van der Waals surface area contributed by atoms with E-state index in [1.54, 1.807) is 0 Å². The van der Waals surface area contributed by atoms with Gasteiger partial charge in [-0.15, -0.1) is 0 Å². The molecule has 0 radical (unpaired) electrons. The molecular formula is C13H22O3. The van der Waals surface area contributed by atoms with Crippen molar-refractivity contribution in [1.29, 1.82) is 0 Å². The minimum atomic E-state index is 0.198. The van der Waals surface area contributed by atoms with Crippen LogP contribution in [0.4, 0.5) is 0 Å². The predicted octanol–water partition coefficient (Wildman–Crippen LogP) is 2.54. The second kappa shape index (κ2) is 10.6. The molecule has 0 aliphatic heterocycles. The summed E-state index contributed by atoms with van der Waals surface area (Å²) in [5.41, 5.74) is 0. The number of ketones is 1. The summed E-state index contributed by atoms with van der Waals surface area (Å²) in [7, 11) is 0. The van der Waals surface area contributed by atoms with Gasteiger partial charge in [0.05, 0.1) is 6.61 Å². The number of Topliss-reactive ketones (excluding diaryl/α,β-unsaturated/α-hetero) is 1. The molecule has 0 aromatic carbocycles. The largest absolute Gasteiger partial charge is 0.381 e. The lowest BCUT2D eigenvalue weighted by Crippen LogP contribution is -2.09. The molecule has 0 aromatic rings. The van der Waals surface area contributed by atoms with Crippen LogP contribution in [0.5, 0.6) is 0 Å². The molecule has 3 nitrogen and oxygen atoms in total. The monoisotopic (exact) mass is 226 g/mol. The van der Waals surface area contributed by atoms with Crippen LogP contribution in [0.3, 0.4) is 0 Å². The Balaban J connectivity index is 3.92. The Kier molecular flexibility index (Phi) is 9.92. The maximum atomic E-state index is 11.6. The first-order valence-electron chi connectivity index (χ1n) is 5.95. The van der Waals surface area contributed by atoms with E-state index in [0.29, 0.717) is 26.1 Å². The predicted molar refractivity (Wildman–Crippen MR) is 64.3 cm³/mol. The minimum absolute atomic E-state index is 0.198. The van der Waals surface area contributed by atoms with Gasteiger partial charge in [0, 0.05) is 19.4 Å². The Morgan fingerprint density at radius 3 is 2.69 bits per heavy atom. The molecule has 1 atom stereocenters. The first-order valence-corrected chi connectivity index (χ1v) is 5.95. The number of hydrogen-bond acceptors (Lipinski definition) is 3.